The topological polar surface area (TPSA) is 63.6 Å². The number of rotatable bonds is 2. The summed E-state index contributed by atoms with van der Waals surface area (Å²) in [6, 6.07) is 16.3. The number of aliphatic hydroxyl groups excluding tert-OH is 1. The van der Waals surface area contributed by atoms with Crippen LogP contribution in [0.3, 0.4) is 0 Å². The second kappa shape index (κ2) is 6.11. The average Bonchev–Trinajstić information content (AvgIpc) is 2.64. The SMILES string of the molecule is CC1(C)OC2=C(C(=O)c3ccccc3C2=O)[C@@H](Sc2ccccc2)[C@@H]1O. The molecule has 2 aliphatic rings. The number of hydrogen-bond acceptors (Lipinski definition) is 5. The molecule has 1 aliphatic heterocycles. The molecule has 2 atom stereocenters. The largest absolute Gasteiger partial charge is 0.480 e. The molecule has 26 heavy (non-hydrogen) atoms. The maximum Gasteiger partial charge on any atom is 0.228 e. The van der Waals surface area contributed by atoms with Crippen LogP contribution in [0, 0.1) is 0 Å². The van der Waals surface area contributed by atoms with Crippen molar-refractivity contribution in [2.24, 2.45) is 0 Å². The summed E-state index contributed by atoms with van der Waals surface area (Å²) in [7, 11) is 0. The van der Waals surface area contributed by atoms with Gasteiger partial charge >= 0.3 is 0 Å². The number of thioether (sulfide) groups is 1. The molecule has 0 saturated heterocycles. The normalized spacial score (nSPS) is 24.0. The lowest BCUT2D eigenvalue weighted by Gasteiger charge is -2.43. The van der Waals surface area contributed by atoms with E-state index < -0.39 is 17.0 Å². The van der Waals surface area contributed by atoms with Gasteiger partial charge in [0.15, 0.2) is 11.5 Å². The van der Waals surface area contributed by atoms with Crippen LogP contribution < -0.4 is 0 Å². The van der Waals surface area contributed by atoms with E-state index in [0.717, 1.165) is 4.90 Å². The number of hydrogen-bond donors (Lipinski definition) is 1. The third-order valence-corrected chi connectivity index (χ3v) is 6.06. The molecule has 0 aromatic heterocycles. The number of Topliss-reactive ketones (excluding diaryl/α,β-unsaturated/α-hetero) is 2. The Labute approximate surface area is 155 Å². The molecule has 0 radical (unpaired) electrons. The minimum Gasteiger partial charge on any atom is -0.480 e. The van der Waals surface area contributed by atoms with Crippen molar-refractivity contribution < 1.29 is 19.4 Å². The van der Waals surface area contributed by atoms with Gasteiger partial charge in [-0.3, -0.25) is 9.59 Å². The summed E-state index contributed by atoms with van der Waals surface area (Å²) in [6.45, 7) is 3.47. The maximum absolute atomic E-state index is 13.1. The maximum atomic E-state index is 13.1. The zero-order valence-electron chi connectivity index (χ0n) is 14.4. The second-order valence-corrected chi connectivity index (χ2v) is 8.16. The highest BCUT2D eigenvalue weighted by Crippen LogP contribution is 2.45. The van der Waals surface area contributed by atoms with Crippen LogP contribution in [0.5, 0.6) is 0 Å². The highest BCUT2D eigenvalue weighted by atomic mass is 32.2. The number of benzene rings is 2. The Morgan fingerprint density at radius 3 is 2.15 bits per heavy atom. The van der Waals surface area contributed by atoms with Crippen LogP contribution in [-0.2, 0) is 4.74 Å². The van der Waals surface area contributed by atoms with Gasteiger partial charge in [-0.25, -0.2) is 0 Å². The van der Waals surface area contributed by atoms with Gasteiger partial charge in [0.05, 0.1) is 10.8 Å². The number of ketones is 2. The highest BCUT2D eigenvalue weighted by molar-refractivity contribution is 8.00. The molecule has 2 aromatic carbocycles. The van der Waals surface area contributed by atoms with Crippen molar-refractivity contribution in [1.29, 1.82) is 0 Å². The number of aliphatic hydroxyl groups is 1. The summed E-state index contributed by atoms with van der Waals surface area (Å²) in [5.74, 6) is -0.482. The Morgan fingerprint density at radius 1 is 0.923 bits per heavy atom. The van der Waals surface area contributed by atoms with Crippen molar-refractivity contribution in [3.8, 4) is 0 Å². The van der Waals surface area contributed by atoms with Gasteiger partial charge in [-0.2, -0.15) is 0 Å². The molecule has 4 nitrogen and oxygen atoms in total. The third kappa shape index (κ3) is 2.59. The molecule has 4 rings (SSSR count). The van der Waals surface area contributed by atoms with Gasteiger partial charge in [-0.15, -0.1) is 11.8 Å². The first-order valence-corrected chi connectivity index (χ1v) is 9.29. The standard InChI is InChI=1S/C21H18O4S/c1-21(2)20(24)19(26-12-8-4-3-5-9-12)15-16(22)13-10-6-7-11-14(13)17(23)18(15)25-21/h3-11,19-20,24H,1-2H3/t19-,20+/m1/s1. The summed E-state index contributed by atoms with van der Waals surface area (Å²) in [4.78, 5) is 27.0. The summed E-state index contributed by atoms with van der Waals surface area (Å²) in [5.41, 5.74) is -0.000244. The van der Waals surface area contributed by atoms with Crippen LogP contribution in [0.15, 0.2) is 70.8 Å². The molecule has 132 valence electrons. The number of carbonyl (C=O) groups excluding carboxylic acids is 2. The summed E-state index contributed by atoms with van der Waals surface area (Å²) >= 11 is 1.38. The van der Waals surface area contributed by atoms with Gasteiger partial charge in [0.1, 0.15) is 11.7 Å². The van der Waals surface area contributed by atoms with Gasteiger partial charge in [-0.1, -0.05) is 42.5 Å². The van der Waals surface area contributed by atoms with Crippen molar-refractivity contribution in [1.82, 2.24) is 0 Å². The zero-order valence-corrected chi connectivity index (χ0v) is 15.2. The van der Waals surface area contributed by atoms with Crippen LogP contribution in [0.2, 0.25) is 0 Å². The quantitative estimate of drug-likeness (QED) is 0.879. The van der Waals surface area contributed by atoms with Crippen LogP contribution in [0.4, 0.5) is 0 Å². The number of carbonyl (C=O) groups is 2. The lowest BCUT2D eigenvalue weighted by atomic mass is 9.80. The lowest BCUT2D eigenvalue weighted by molar-refractivity contribution is -0.0769. The third-order valence-electron chi connectivity index (χ3n) is 4.77. The zero-order chi connectivity index (χ0) is 18.5. The van der Waals surface area contributed by atoms with E-state index in [-0.39, 0.29) is 22.9 Å². The number of allylic oxidation sites excluding steroid dienone is 1. The van der Waals surface area contributed by atoms with Crippen molar-refractivity contribution in [2.75, 3.05) is 0 Å². The molecule has 0 bridgehead atoms. The number of fused-ring (bicyclic) bond motifs is 1. The molecular formula is C21H18O4S. The van der Waals surface area contributed by atoms with E-state index in [0.29, 0.717) is 11.1 Å². The van der Waals surface area contributed by atoms with Crippen molar-refractivity contribution in [3.63, 3.8) is 0 Å². The fourth-order valence-corrected chi connectivity index (χ4v) is 4.74. The molecule has 5 heteroatoms. The second-order valence-electron chi connectivity index (χ2n) is 6.95. The predicted molar refractivity (Wildman–Crippen MR) is 99.4 cm³/mol. The van der Waals surface area contributed by atoms with E-state index >= 15 is 0 Å². The average molecular weight is 366 g/mol. The van der Waals surface area contributed by atoms with E-state index in [2.05, 4.69) is 0 Å². The molecule has 0 amide bonds. The molecule has 1 aliphatic carbocycles. The molecule has 1 heterocycles. The van der Waals surface area contributed by atoms with E-state index in [9.17, 15) is 14.7 Å². The molecular weight excluding hydrogens is 348 g/mol. The monoisotopic (exact) mass is 366 g/mol. The minimum absolute atomic E-state index is 0.0671. The molecule has 0 saturated carbocycles. The van der Waals surface area contributed by atoms with E-state index in [1.54, 1.807) is 38.1 Å². The van der Waals surface area contributed by atoms with Gasteiger partial charge in [-0.05, 0) is 26.0 Å². The van der Waals surface area contributed by atoms with Gasteiger partial charge < -0.3 is 9.84 Å². The predicted octanol–water partition coefficient (Wildman–Crippen LogP) is 3.65. The first kappa shape index (κ1) is 17.1. The molecule has 1 N–H and O–H groups in total. The Bertz CT molecular complexity index is 930. The summed E-state index contributed by atoms with van der Waals surface area (Å²) in [5, 5.41) is 10.3. The first-order valence-electron chi connectivity index (χ1n) is 8.41. The minimum atomic E-state index is -0.979. The van der Waals surface area contributed by atoms with Crippen molar-refractivity contribution in [2.45, 2.75) is 35.7 Å². The highest BCUT2D eigenvalue weighted by Gasteiger charge is 2.50. The van der Waals surface area contributed by atoms with Gasteiger partial charge in [0.2, 0.25) is 5.78 Å². The Kier molecular flexibility index (Phi) is 4.01. The summed E-state index contributed by atoms with van der Waals surface area (Å²) < 4.78 is 5.84. The first-order chi connectivity index (χ1) is 12.4. The Hall–Kier alpha value is -2.37. The fraction of sp³-hybridized carbons (Fsp3) is 0.238. The van der Waals surface area contributed by atoms with Crippen LogP contribution in [0.25, 0.3) is 0 Å². The van der Waals surface area contributed by atoms with Crippen LogP contribution >= 0.6 is 11.8 Å². The summed E-state index contributed by atoms with van der Waals surface area (Å²) in [6.07, 6.45) is -0.937. The molecule has 2 aromatic rings. The van der Waals surface area contributed by atoms with Gasteiger partial charge in [0, 0.05) is 16.0 Å². The fourth-order valence-electron chi connectivity index (χ4n) is 3.35. The number of ether oxygens (including phenoxy) is 1. The lowest BCUT2D eigenvalue weighted by Crippen LogP contribution is -2.53. The van der Waals surface area contributed by atoms with Crippen LogP contribution in [0.1, 0.15) is 34.6 Å². The Balaban J connectivity index is 1.86. The smallest absolute Gasteiger partial charge is 0.228 e. The molecule has 0 unspecified atom stereocenters. The van der Waals surface area contributed by atoms with E-state index in [1.807, 2.05) is 30.3 Å². The van der Waals surface area contributed by atoms with Crippen molar-refractivity contribution in [3.05, 3.63) is 77.1 Å². The van der Waals surface area contributed by atoms with Gasteiger partial charge in [0.25, 0.3) is 0 Å². The van der Waals surface area contributed by atoms with E-state index in [1.165, 1.54) is 11.8 Å². The van der Waals surface area contributed by atoms with Crippen LogP contribution in [-0.4, -0.2) is 33.6 Å². The molecule has 0 fully saturated rings. The Morgan fingerprint density at radius 2 is 1.50 bits per heavy atom. The van der Waals surface area contributed by atoms with Crippen molar-refractivity contribution >= 4 is 23.3 Å². The van der Waals surface area contributed by atoms with E-state index in [4.69, 9.17) is 4.74 Å². The molecule has 0 spiro atoms.